The fourth-order valence-corrected chi connectivity index (χ4v) is 3.05. The molecule has 0 saturated heterocycles. The van der Waals surface area contributed by atoms with Gasteiger partial charge in [-0.05, 0) is 17.7 Å². The Morgan fingerprint density at radius 1 is 1.21 bits per heavy atom. The Labute approximate surface area is 110 Å². The number of methoxy groups -OCH3 is 1. The summed E-state index contributed by atoms with van der Waals surface area (Å²) in [6.45, 7) is -0.638. The van der Waals surface area contributed by atoms with Gasteiger partial charge >= 0.3 is 0 Å². The predicted molar refractivity (Wildman–Crippen MR) is 63.4 cm³/mol. The summed E-state index contributed by atoms with van der Waals surface area (Å²) in [5.74, 6) is -0.196. The van der Waals surface area contributed by atoms with Gasteiger partial charge in [-0.15, -0.1) is 0 Å². The first-order valence-electron chi connectivity index (χ1n) is 4.90. The van der Waals surface area contributed by atoms with Crippen molar-refractivity contribution in [2.75, 3.05) is 13.7 Å². The van der Waals surface area contributed by atoms with E-state index in [4.69, 9.17) is 14.4 Å². The maximum absolute atomic E-state index is 11.3. The Morgan fingerprint density at radius 3 is 2.16 bits per heavy atom. The number of nitrogens with two attached hydrogens (primary N) is 1. The van der Waals surface area contributed by atoms with Gasteiger partial charge in [0.1, 0.15) is 10.6 Å². The van der Waals surface area contributed by atoms with Gasteiger partial charge in [0.2, 0.25) is 10.0 Å². The summed E-state index contributed by atoms with van der Waals surface area (Å²) in [7, 11) is -7.75. The third-order valence-corrected chi connectivity index (χ3v) is 4.17. The Morgan fingerprint density at radius 2 is 1.79 bits per heavy atom. The van der Waals surface area contributed by atoms with Gasteiger partial charge in [-0.2, -0.15) is 8.42 Å². The van der Waals surface area contributed by atoms with E-state index in [1.807, 2.05) is 0 Å². The monoisotopic (exact) mass is 310 g/mol. The van der Waals surface area contributed by atoms with Gasteiger partial charge in [0.25, 0.3) is 10.1 Å². The zero-order valence-electron chi connectivity index (χ0n) is 9.86. The smallest absolute Gasteiger partial charge is 0.294 e. The molecular formula is C9H12NO7S2. The van der Waals surface area contributed by atoms with E-state index in [-0.39, 0.29) is 17.7 Å². The molecule has 0 aliphatic heterocycles. The first kappa shape index (κ1) is 15.9. The molecule has 0 aliphatic rings. The van der Waals surface area contributed by atoms with Crippen molar-refractivity contribution in [1.82, 2.24) is 0 Å². The van der Waals surface area contributed by atoms with Gasteiger partial charge in [0.15, 0.2) is 0 Å². The van der Waals surface area contributed by atoms with Crippen LogP contribution in [0.2, 0.25) is 0 Å². The van der Waals surface area contributed by atoms with Crippen LogP contribution in [-0.4, -0.2) is 35.1 Å². The maximum Gasteiger partial charge on any atom is 0.294 e. The number of benzene rings is 1. The van der Waals surface area contributed by atoms with Gasteiger partial charge in [-0.25, -0.2) is 18.7 Å². The van der Waals surface area contributed by atoms with Crippen LogP contribution < -0.4 is 9.88 Å². The Kier molecular flexibility index (Phi) is 4.53. The molecule has 3 N–H and O–H groups in total. The van der Waals surface area contributed by atoms with Crippen molar-refractivity contribution in [1.29, 1.82) is 0 Å². The summed E-state index contributed by atoms with van der Waals surface area (Å²) in [6, 6.07) is 1.73. The average molecular weight is 310 g/mol. The van der Waals surface area contributed by atoms with E-state index in [0.717, 1.165) is 13.2 Å². The van der Waals surface area contributed by atoms with Crippen LogP contribution in [0.5, 0.6) is 5.75 Å². The summed E-state index contributed by atoms with van der Waals surface area (Å²) in [5.41, 5.74) is -0.0400. The molecule has 1 aromatic carbocycles. The quantitative estimate of drug-likeness (QED) is 0.706. The third kappa shape index (κ3) is 3.64. The number of hydrogen-bond donors (Lipinski definition) is 2. The van der Waals surface area contributed by atoms with Crippen LogP contribution in [0.15, 0.2) is 21.9 Å². The molecule has 0 aromatic heterocycles. The number of hydrogen-bond acceptors (Lipinski definition) is 5. The van der Waals surface area contributed by atoms with Gasteiger partial charge < -0.3 is 4.74 Å². The fourth-order valence-electron chi connectivity index (χ4n) is 1.51. The lowest BCUT2D eigenvalue weighted by molar-refractivity contribution is 0.196. The zero-order chi connectivity index (χ0) is 14.8. The van der Waals surface area contributed by atoms with E-state index >= 15 is 0 Å². The molecule has 0 aliphatic carbocycles. The average Bonchev–Trinajstić information content (AvgIpc) is 2.25. The highest BCUT2D eigenvalue weighted by Crippen LogP contribution is 2.29. The normalized spacial score (nSPS) is 12.4. The SMILES string of the molecule is COc1cc(CC[O])c(S(=O)(=O)O)cc1S(N)(=O)=O. The second-order valence-corrected chi connectivity index (χ2v) is 6.50. The Balaban J connectivity index is 3.72. The minimum absolute atomic E-state index is 0.0400. The lowest BCUT2D eigenvalue weighted by Crippen LogP contribution is -2.16. The molecule has 107 valence electrons. The van der Waals surface area contributed by atoms with Crippen LogP contribution in [0, 0.1) is 0 Å². The second-order valence-electron chi connectivity index (χ2n) is 3.58. The molecule has 0 saturated carbocycles. The highest BCUT2D eigenvalue weighted by atomic mass is 32.2. The van der Waals surface area contributed by atoms with E-state index in [0.29, 0.717) is 6.07 Å². The molecule has 0 bridgehead atoms. The van der Waals surface area contributed by atoms with Crippen molar-refractivity contribution >= 4 is 20.1 Å². The minimum atomic E-state index is -4.68. The molecule has 0 spiro atoms. The molecule has 1 rings (SSSR count). The van der Waals surface area contributed by atoms with E-state index in [1.54, 1.807) is 0 Å². The number of rotatable bonds is 5. The Hall–Kier alpha value is -1.20. The molecule has 8 nitrogen and oxygen atoms in total. The zero-order valence-corrected chi connectivity index (χ0v) is 11.5. The molecule has 1 radical (unpaired) electrons. The molecule has 0 unspecified atom stereocenters. The van der Waals surface area contributed by atoms with Crippen molar-refractivity contribution in [2.45, 2.75) is 16.2 Å². The summed E-state index contributed by atoms with van der Waals surface area (Å²) in [6.07, 6.45) is -0.212. The highest BCUT2D eigenvalue weighted by Gasteiger charge is 2.23. The first-order chi connectivity index (χ1) is 8.61. The van der Waals surface area contributed by atoms with Crippen molar-refractivity contribution in [3.63, 3.8) is 0 Å². The molecular weight excluding hydrogens is 298 g/mol. The van der Waals surface area contributed by atoms with Crippen molar-refractivity contribution in [3.8, 4) is 5.75 Å². The van der Waals surface area contributed by atoms with Gasteiger partial charge in [-0.3, -0.25) is 4.55 Å². The van der Waals surface area contributed by atoms with Crippen molar-refractivity contribution < 1.29 is 31.2 Å². The standard InChI is InChI=1S/C9H12NO7S2/c1-17-7-4-6(2-3-11)8(19(14,15)16)5-9(7)18(10,12)13/h4-5H,2-3H2,1H3,(H2,10,12,13)(H,14,15,16). The number of primary sulfonamides is 1. The lowest BCUT2D eigenvalue weighted by Gasteiger charge is -2.12. The topological polar surface area (TPSA) is 144 Å². The van der Waals surface area contributed by atoms with E-state index < -0.39 is 36.5 Å². The largest absolute Gasteiger partial charge is 0.495 e. The fraction of sp³-hybridized carbons (Fsp3) is 0.333. The van der Waals surface area contributed by atoms with Gasteiger partial charge in [0.05, 0.1) is 18.6 Å². The highest BCUT2D eigenvalue weighted by molar-refractivity contribution is 7.89. The van der Waals surface area contributed by atoms with Crippen molar-refractivity contribution in [2.24, 2.45) is 5.14 Å². The Bertz CT molecular complexity index is 679. The molecule has 19 heavy (non-hydrogen) atoms. The van der Waals surface area contributed by atoms with E-state index in [9.17, 15) is 21.9 Å². The summed E-state index contributed by atoms with van der Waals surface area (Å²) >= 11 is 0. The van der Waals surface area contributed by atoms with Crippen LogP contribution in [0.4, 0.5) is 0 Å². The van der Waals surface area contributed by atoms with Crippen LogP contribution in [0.3, 0.4) is 0 Å². The van der Waals surface area contributed by atoms with Crippen LogP contribution >= 0.6 is 0 Å². The van der Waals surface area contributed by atoms with Crippen LogP contribution in [0.25, 0.3) is 0 Å². The van der Waals surface area contributed by atoms with Gasteiger partial charge in [0, 0.05) is 6.42 Å². The van der Waals surface area contributed by atoms with E-state index in [2.05, 4.69) is 0 Å². The molecule has 1 aromatic rings. The lowest BCUT2D eigenvalue weighted by atomic mass is 10.1. The van der Waals surface area contributed by atoms with E-state index in [1.165, 1.54) is 0 Å². The molecule has 10 heteroatoms. The predicted octanol–water partition coefficient (Wildman–Crippen LogP) is -0.438. The number of sulfonamides is 1. The second kappa shape index (κ2) is 5.43. The molecule has 0 atom stereocenters. The van der Waals surface area contributed by atoms with Crippen LogP contribution in [-0.2, 0) is 31.7 Å². The molecule has 0 heterocycles. The maximum atomic E-state index is 11.3. The number of ether oxygens (including phenoxy) is 1. The minimum Gasteiger partial charge on any atom is -0.495 e. The molecule has 0 amide bonds. The van der Waals surface area contributed by atoms with Gasteiger partial charge in [-0.1, -0.05) is 0 Å². The summed E-state index contributed by atoms with van der Waals surface area (Å²) in [4.78, 5) is -1.26. The molecule has 0 fully saturated rings. The van der Waals surface area contributed by atoms with Crippen molar-refractivity contribution in [3.05, 3.63) is 17.7 Å². The third-order valence-electron chi connectivity index (χ3n) is 2.30. The first-order valence-corrected chi connectivity index (χ1v) is 7.89. The van der Waals surface area contributed by atoms with Crippen LogP contribution in [0.1, 0.15) is 5.56 Å². The summed E-state index contributed by atoms with van der Waals surface area (Å²) in [5, 5.41) is 15.5. The summed E-state index contributed by atoms with van der Waals surface area (Å²) < 4.78 is 58.8.